The summed E-state index contributed by atoms with van der Waals surface area (Å²) in [4.78, 5) is 5.12. The Morgan fingerprint density at radius 2 is 1.42 bits per heavy atom. The molecule has 0 amide bonds. The minimum atomic E-state index is 1.11. The third kappa shape index (κ3) is 3.78. The van der Waals surface area contributed by atoms with Crippen LogP contribution >= 0.6 is 0 Å². The van der Waals surface area contributed by atoms with Crippen LogP contribution in [0.2, 0.25) is 0 Å². The van der Waals surface area contributed by atoms with Gasteiger partial charge in [0.2, 0.25) is 0 Å². The monoisotopic (exact) mass is 259 g/mol. The molecule has 2 fully saturated rings. The molecule has 2 saturated heterocycles. The van der Waals surface area contributed by atoms with Crippen molar-refractivity contribution in [1.29, 1.82) is 0 Å². The van der Waals surface area contributed by atoms with Gasteiger partial charge in [0, 0.05) is 39.3 Å². The number of benzene rings is 1. The number of piperazine rings is 1. The first-order valence-electron chi connectivity index (χ1n) is 7.63. The van der Waals surface area contributed by atoms with Gasteiger partial charge in [-0.25, -0.2) is 0 Å². The molecule has 0 aromatic heterocycles. The van der Waals surface area contributed by atoms with Crippen LogP contribution in [0.3, 0.4) is 0 Å². The van der Waals surface area contributed by atoms with Crippen molar-refractivity contribution in [3.05, 3.63) is 35.4 Å². The van der Waals surface area contributed by atoms with Crippen molar-refractivity contribution in [2.45, 2.75) is 25.9 Å². The molecular weight excluding hydrogens is 234 g/mol. The van der Waals surface area contributed by atoms with Gasteiger partial charge in [0.1, 0.15) is 0 Å². The van der Waals surface area contributed by atoms with E-state index in [2.05, 4.69) is 39.4 Å². The standard InChI is InChI=1S/C16H25N3/c1-2-9-18(8-1)13-15-4-3-5-16(12-15)14-19-10-6-17-7-11-19/h3-5,12,17H,1-2,6-11,13-14H2. The maximum Gasteiger partial charge on any atom is 0.0234 e. The van der Waals surface area contributed by atoms with Crippen molar-refractivity contribution in [2.24, 2.45) is 0 Å². The zero-order valence-corrected chi connectivity index (χ0v) is 11.8. The van der Waals surface area contributed by atoms with Crippen LogP contribution in [-0.2, 0) is 13.1 Å². The summed E-state index contributed by atoms with van der Waals surface area (Å²) in [6.45, 7) is 9.42. The fourth-order valence-electron chi connectivity index (χ4n) is 3.15. The summed E-state index contributed by atoms with van der Waals surface area (Å²) in [6, 6.07) is 9.18. The van der Waals surface area contributed by atoms with Gasteiger partial charge in [-0.2, -0.15) is 0 Å². The van der Waals surface area contributed by atoms with E-state index in [1.54, 1.807) is 0 Å². The Bertz CT molecular complexity index is 393. The Labute approximate surface area is 116 Å². The molecule has 0 bridgehead atoms. The van der Waals surface area contributed by atoms with Gasteiger partial charge < -0.3 is 5.32 Å². The molecule has 1 N–H and O–H groups in total. The predicted octanol–water partition coefficient (Wildman–Crippen LogP) is 1.69. The Morgan fingerprint density at radius 1 is 0.842 bits per heavy atom. The van der Waals surface area contributed by atoms with Gasteiger partial charge in [0.25, 0.3) is 0 Å². The summed E-state index contributed by atoms with van der Waals surface area (Å²) in [5, 5.41) is 3.41. The third-order valence-electron chi connectivity index (χ3n) is 4.21. The molecule has 0 radical (unpaired) electrons. The first-order chi connectivity index (χ1) is 9.40. The average Bonchev–Trinajstić information content (AvgIpc) is 2.93. The highest BCUT2D eigenvalue weighted by Crippen LogP contribution is 2.15. The van der Waals surface area contributed by atoms with Crippen LogP contribution in [0.15, 0.2) is 24.3 Å². The first kappa shape index (κ1) is 13.1. The summed E-state index contributed by atoms with van der Waals surface area (Å²) in [7, 11) is 0. The highest BCUT2D eigenvalue weighted by molar-refractivity contribution is 5.23. The predicted molar refractivity (Wildman–Crippen MR) is 79.1 cm³/mol. The summed E-state index contributed by atoms with van der Waals surface area (Å²) in [5.74, 6) is 0. The highest BCUT2D eigenvalue weighted by atomic mass is 15.2. The molecule has 3 nitrogen and oxygen atoms in total. The van der Waals surface area contributed by atoms with Crippen LogP contribution in [0, 0.1) is 0 Å². The van der Waals surface area contributed by atoms with E-state index in [-0.39, 0.29) is 0 Å². The van der Waals surface area contributed by atoms with Crippen molar-refractivity contribution in [2.75, 3.05) is 39.3 Å². The fourth-order valence-corrected chi connectivity index (χ4v) is 3.15. The zero-order valence-electron chi connectivity index (χ0n) is 11.8. The lowest BCUT2D eigenvalue weighted by Gasteiger charge is -2.27. The summed E-state index contributed by atoms with van der Waals surface area (Å²) < 4.78 is 0. The second kappa shape index (κ2) is 6.51. The maximum atomic E-state index is 3.41. The van der Waals surface area contributed by atoms with Gasteiger partial charge in [-0.1, -0.05) is 24.3 Å². The quantitative estimate of drug-likeness (QED) is 0.887. The van der Waals surface area contributed by atoms with E-state index in [0.717, 1.165) is 26.2 Å². The SMILES string of the molecule is c1cc(CN2CCCC2)cc(CN2CCNCC2)c1. The van der Waals surface area contributed by atoms with Crippen LogP contribution in [0.1, 0.15) is 24.0 Å². The van der Waals surface area contributed by atoms with Crippen LogP contribution < -0.4 is 5.32 Å². The Balaban J connectivity index is 1.58. The minimum absolute atomic E-state index is 1.11. The number of nitrogens with one attached hydrogen (secondary N) is 1. The Morgan fingerprint density at radius 3 is 2.05 bits per heavy atom. The maximum absolute atomic E-state index is 3.41. The summed E-state index contributed by atoms with van der Waals surface area (Å²) in [5.41, 5.74) is 2.95. The second-order valence-corrected chi connectivity index (χ2v) is 5.83. The number of likely N-dealkylation sites (tertiary alicyclic amines) is 1. The summed E-state index contributed by atoms with van der Waals surface area (Å²) >= 11 is 0. The van der Waals surface area contributed by atoms with Crippen LogP contribution in [0.5, 0.6) is 0 Å². The minimum Gasteiger partial charge on any atom is -0.314 e. The van der Waals surface area contributed by atoms with Crippen molar-refractivity contribution < 1.29 is 0 Å². The fraction of sp³-hybridized carbons (Fsp3) is 0.625. The number of hydrogen-bond acceptors (Lipinski definition) is 3. The van der Waals surface area contributed by atoms with Gasteiger partial charge >= 0.3 is 0 Å². The van der Waals surface area contributed by atoms with Gasteiger partial charge in [-0.05, 0) is 37.1 Å². The Kier molecular flexibility index (Phi) is 4.49. The molecule has 0 aliphatic carbocycles. The van der Waals surface area contributed by atoms with Crippen molar-refractivity contribution in [3.8, 4) is 0 Å². The third-order valence-corrected chi connectivity index (χ3v) is 4.21. The van der Waals surface area contributed by atoms with Crippen molar-refractivity contribution in [3.63, 3.8) is 0 Å². The van der Waals surface area contributed by atoms with Crippen molar-refractivity contribution in [1.82, 2.24) is 15.1 Å². The number of hydrogen-bond donors (Lipinski definition) is 1. The van der Waals surface area contributed by atoms with Crippen molar-refractivity contribution >= 4 is 0 Å². The largest absolute Gasteiger partial charge is 0.314 e. The van der Waals surface area contributed by atoms with Gasteiger partial charge in [-0.15, -0.1) is 0 Å². The molecule has 2 aliphatic rings. The van der Waals surface area contributed by atoms with Gasteiger partial charge in [-0.3, -0.25) is 9.80 Å². The van der Waals surface area contributed by atoms with E-state index in [0.29, 0.717) is 0 Å². The lowest BCUT2D eigenvalue weighted by atomic mass is 10.1. The van der Waals surface area contributed by atoms with E-state index >= 15 is 0 Å². The molecule has 1 aromatic rings. The second-order valence-electron chi connectivity index (χ2n) is 5.83. The molecule has 3 rings (SSSR count). The molecule has 0 saturated carbocycles. The average molecular weight is 259 g/mol. The number of nitrogens with zero attached hydrogens (tertiary/aromatic N) is 2. The summed E-state index contributed by atoms with van der Waals surface area (Å²) in [6.07, 6.45) is 2.75. The molecule has 2 aliphatic heterocycles. The van der Waals surface area contributed by atoms with Crippen LogP contribution in [0.4, 0.5) is 0 Å². The van der Waals surface area contributed by atoms with E-state index in [9.17, 15) is 0 Å². The first-order valence-corrected chi connectivity index (χ1v) is 7.63. The molecular formula is C16H25N3. The van der Waals surface area contributed by atoms with Gasteiger partial charge in [0.15, 0.2) is 0 Å². The molecule has 19 heavy (non-hydrogen) atoms. The van der Waals surface area contributed by atoms with Crippen LogP contribution in [0.25, 0.3) is 0 Å². The molecule has 0 unspecified atom stereocenters. The van der Waals surface area contributed by atoms with E-state index in [1.165, 1.54) is 50.1 Å². The highest BCUT2D eigenvalue weighted by Gasteiger charge is 2.13. The molecule has 104 valence electrons. The molecule has 0 spiro atoms. The van der Waals surface area contributed by atoms with E-state index in [1.807, 2.05) is 0 Å². The lowest BCUT2D eigenvalue weighted by Crippen LogP contribution is -2.42. The normalized spacial score (nSPS) is 21.9. The van der Waals surface area contributed by atoms with Crippen LogP contribution in [-0.4, -0.2) is 49.1 Å². The van der Waals surface area contributed by atoms with Gasteiger partial charge in [0.05, 0.1) is 0 Å². The van der Waals surface area contributed by atoms with E-state index < -0.39 is 0 Å². The Hall–Kier alpha value is -0.900. The lowest BCUT2D eigenvalue weighted by molar-refractivity contribution is 0.233. The molecule has 1 aromatic carbocycles. The number of rotatable bonds is 4. The topological polar surface area (TPSA) is 18.5 Å². The molecule has 0 atom stereocenters. The van der Waals surface area contributed by atoms with E-state index in [4.69, 9.17) is 0 Å². The molecule has 3 heteroatoms. The molecule has 2 heterocycles. The smallest absolute Gasteiger partial charge is 0.0234 e. The zero-order chi connectivity index (χ0) is 12.9.